The van der Waals surface area contributed by atoms with Crippen LogP contribution >= 0.6 is 11.3 Å². The van der Waals surface area contributed by atoms with E-state index in [1.54, 1.807) is 49.8 Å². The summed E-state index contributed by atoms with van der Waals surface area (Å²) in [5, 5.41) is 6.99. The van der Waals surface area contributed by atoms with Crippen LogP contribution in [0.5, 0.6) is 5.75 Å². The number of carbonyl (C=O) groups excluding carboxylic acids is 2. The van der Waals surface area contributed by atoms with Gasteiger partial charge in [0.05, 0.1) is 24.8 Å². The summed E-state index contributed by atoms with van der Waals surface area (Å²) < 4.78 is 10.9. The van der Waals surface area contributed by atoms with E-state index in [0.29, 0.717) is 17.4 Å². The summed E-state index contributed by atoms with van der Waals surface area (Å²) >= 11 is 1.54. The quantitative estimate of drug-likeness (QED) is 0.817. The molecule has 0 bridgehead atoms. The minimum Gasteiger partial charge on any atom is -0.497 e. The van der Waals surface area contributed by atoms with Crippen LogP contribution in [-0.2, 0) is 4.74 Å². The number of methoxy groups -OCH3 is 2. The third-order valence-electron chi connectivity index (χ3n) is 6.14. The Morgan fingerprint density at radius 1 is 1.03 bits per heavy atom. The van der Waals surface area contributed by atoms with E-state index >= 15 is 0 Å². The number of rotatable bonds is 5. The Morgan fingerprint density at radius 3 is 2.38 bits per heavy atom. The molecule has 4 atom stereocenters. The van der Waals surface area contributed by atoms with Crippen molar-refractivity contribution in [2.75, 3.05) is 27.3 Å². The molecular formula is C22H26N2O4S. The van der Waals surface area contributed by atoms with E-state index in [0.717, 1.165) is 37.2 Å². The Labute approximate surface area is 174 Å². The second kappa shape index (κ2) is 8.55. The molecule has 2 heterocycles. The molecule has 2 aromatic rings. The van der Waals surface area contributed by atoms with Crippen LogP contribution in [-0.4, -0.2) is 56.2 Å². The Kier molecular flexibility index (Phi) is 5.87. The van der Waals surface area contributed by atoms with Gasteiger partial charge in [0, 0.05) is 31.1 Å². The highest BCUT2D eigenvalue weighted by atomic mass is 32.1. The number of thiophene rings is 1. The first kappa shape index (κ1) is 19.9. The van der Waals surface area contributed by atoms with Crippen molar-refractivity contribution >= 4 is 23.2 Å². The fourth-order valence-electron chi connectivity index (χ4n) is 4.55. The number of benzene rings is 1. The Hall–Kier alpha value is -2.38. The van der Waals surface area contributed by atoms with Crippen LogP contribution in [0.4, 0.5) is 0 Å². The predicted molar refractivity (Wildman–Crippen MR) is 111 cm³/mol. The van der Waals surface area contributed by atoms with E-state index < -0.39 is 0 Å². The zero-order valence-corrected chi connectivity index (χ0v) is 17.5. The summed E-state index contributed by atoms with van der Waals surface area (Å²) in [5.41, 5.74) is 1.37. The minimum atomic E-state index is -0.109. The average Bonchev–Trinajstić information content (AvgIpc) is 3.42. The lowest BCUT2D eigenvalue weighted by Crippen LogP contribution is -2.50. The number of ether oxygens (including phenoxy) is 2. The molecule has 1 aromatic heterocycles. The van der Waals surface area contributed by atoms with E-state index in [4.69, 9.17) is 9.47 Å². The molecule has 1 aliphatic heterocycles. The number of fused-ring (bicyclic) bond motifs is 1. The van der Waals surface area contributed by atoms with Crippen molar-refractivity contribution in [3.63, 3.8) is 0 Å². The summed E-state index contributed by atoms with van der Waals surface area (Å²) in [4.78, 5) is 27.4. The summed E-state index contributed by atoms with van der Waals surface area (Å²) in [7, 11) is 3.30. The molecule has 1 saturated heterocycles. The normalized spacial score (nSPS) is 26.1. The second-order valence-electron chi connectivity index (χ2n) is 7.80. The molecule has 1 N–H and O–H groups in total. The molecule has 1 aromatic carbocycles. The molecule has 29 heavy (non-hydrogen) atoms. The number of carbonyl (C=O) groups is 2. The Balaban J connectivity index is 1.41. The van der Waals surface area contributed by atoms with Crippen molar-refractivity contribution in [1.82, 2.24) is 10.2 Å². The van der Waals surface area contributed by atoms with Crippen LogP contribution in [0.1, 0.15) is 33.6 Å². The van der Waals surface area contributed by atoms with E-state index in [1.165, 1.54) is 0 Å². The van der Waals surface area contributed by atoms with Crippen molar-refractivity contribution < 1.29 is 19.1 Å². The number of amides is 2. The number of hydrogen-bond donors (Lipinski definition) is 1. The van der Waals surface area contributed by atoms with Gasteiger partial charge in [0.1, 0.15) is 5.75 Å². The Bertz CT molecular complexity index is 852. The highest BCUT2D eigenvalue weighted by Gasteiger charge is 2.44. The summed E-state index contributed by atoms with van der Waals surface area (Å²) in [6, 6.07) is 8.91. The lowest BCUT2D eigenvalue weighted by atomic mass is 9.77. The maximum Gasteiger partial charge on any atom is 0.254 e. The van der Waals surface area contributed by atoms with Gasteiger partial charge in [0.2, 0.25) is 0 Å². The smallest absolute Gasteiger partial charge is 0.254 e. The lowest BCUT2D eigenvalue weighted by molar-refractivity contribution is 0.0125. The zero-order chi connectivity index (χ0) is 20.4. The van der Waals surface area contributed by atoms with Crippen molar-refractivity contribution in [3.05, 3.63) is 52.2 Å². The van der Waals surface area contributed by atoms with Crippen LogP contribution in [0, 0.1) is 11.8 Å². The molecule has 0 radical (unpaired) electrons. The first-order valence-electron chi connectivity index (χ1n) is 9.88. The first-order valence-corrected chi connectivity index (χ1v) is 10.8. The van der Waals surface area contributed by atoms with Crippen LogP contribution in [0.25, 0.3) is 0 Å². The standard InChI is InChI=1S/C22H26N2O4S/c1-27-18-5-3-14(4-6-18)21(25)23-19-9-16-11-24(12-17(16)10-20(19)28-2)22(26)15-7-8-29-13-15/h3-8,13,16-17,19-20H,9-12H2,1-2H3,(H,23,25)/t16-,17+,19-,20-/m0/s1. The number of nitrogens with one attached hydrogen (secondary N) is 1. The van der Waals surface area contributed by atoms with Crippen molar-refractivity contribution in [3.8, 4) is 5.75 Å². The van der Waals surface area contributed by atoms with Crippen molar-refractivity contribution in [2.24, 2.45) is 11.8 Å². The largest absolute Gasteiger partial charge is 0.497 e. The summed E-state index contributed by atoms with van der Waals surface area (Å²) in [6.07, 6.45) is 1.62. The van der Waals surface area contributed by atoms with Gasteiger partial charge in [-0.25, -0.2) is 0 Å². The van der Waals surface area contributed by atoms with E-state index in [2.05, 4.69) is 5.32 Å². The zero-order valence-electron chi connectivity index (χ0n) is 16.7. The molecule has 0 unspecified atom stereocenters. The fraction of sp³-hybridized carbons (Fsp3) is 0.455. The number of hydrogen-bond acceptors (Lipinski definition) is 5. The first-order chi connectivity index (χ1) is 14.1. The molecule has 2 fully saturated rings. The fourth-order valence-corrected chi connectivity index (χ4v) is 5.18. The highest BCUT2D eigenvalue weighted by Crippen LogP contribution is 2.38. The third kappa shape index (κ3) is 4.16. The van der Waals surface area contributed by atoms with Gasteiger partial charge in [-0.05, 0) is 60.4 Å². The van der Waals surface area contributed by atoms with E-state index in [1.807, 2.05) is 21.7 Å². The molecule has 7 heteroatoms. The molecule has 154 valence electrons. The summed E-state index contributed by atoms with van der Waals surface area (Å²) in [6.45, 7) is 1.50. The van der Waals surface area contributed by atoms with Gasteiger partial charge in [-0.1, -0.05) is 0 Å². The summed E-state index contributed by atoms with van der Waals surface area (Å²) in [5.74, 6) is 1.51. The molecule has 6 nitrogen and oxygen atoms in total. The van der Waals surface area contributed by atoms with Gasteiger partial charge in [-0.3, -0.25) is 9.59 Å². The maximum absolute atomic E-state index is 12.7. The van der Waals surface area contributed by atoms with Crippen LogP contribution in [0.2, 0.25) is 0 Å². The highest BCUT2D eigenvalue weighted by molar-refractivity contribution is 7.08. The van der Waals surface area contributed by atoms with Crippen molar-refractivity contribution in [2.45, 2.75) is 25.0 Å². The van der Waals surface area contributed by atoms with Gasteiger partial charge in [-0.2, -0.15) is 11.3 Å². The van der Waals surface area contributed by atoms with Gasteiger partial charge in [0.25, 0.3) is 11.8 Å². The molecule has 2 amide bonds. The van der Waals surface area contributed by atoms with Crippen LogP contribution < -0.4 is 10.1 Å². The van der Waals surface area contributed by atoms with Crippen molar-refractivity contribution in [1.29, 1.82) is 0 Å². The number of likely N-dealkylation sites (tertiary alicyclic amines) is 1. The third-order valence-corrected chi connectivity index (χ3v) is 6.83. The van der Waals surface area contributed by atoms with Gasteiger partial charge in [-0.15, -0.1) is 0 Å². The molecule has 4 rings (SSSR count). The predicted octanol–water partition coefficient (Wildman–Crippen LogP) is 3.05. The Morgan fingerprint density at radius 2 is 1.76 bits per heavy atom. The van der Waals surface area contributed by atoms with Crippen LogP contribution in [0.15, 0.2) is 41.1 Å². The lowest BCUT2D eigenvalue weighted by Gasteiger charge is -2.37. The molecule has 0 spiro atoms. The minimum absolute atomic E-state index is 0.0466. The topological polar surface area (TPSA) is 67.9 Å². The second-order valence-corrected chi connectivity index (χ2v) is 8.58. The average molecular weight is 415 g/mol. The van der Waals surface area contributed by atoms with Crippen LogP contribution in [0.3, 0.4) is 0 Å². The van der Waals surface area contributed by atoms with E-state index in [9.17, 15) is 9.59 Å². The maximum atomic E-state index is 12.7. The molecular weight excluding hydrogens is 388 g/mol. The molecule has 1 saturated carbocycles. The SMILES string of the molecule is COc1ccc(C(=O)N[C@H]2C[C@H]3CN(C(=O)c4ccsc4)C[C@H]3C[C@@H]2OC)cc1. The van der Waals surface area contributed by atoms with E-state index in [-0.39, 0.29) is 24.0 Å². The van der Waals surface area contributed by atoms with Gasteiger partial charge in [0.15, 0.2) is 0 Å². The molecule has 1 aliphatic carbocycles. The number of nitrogens with zero attached hydrogens (tertiary/aromatic N) is 1. The van der Waals surface area contributed by atoms with Gasteiger partial charge < -0.3 is 19.7 Å². The monoisotopic (exact) mass is 414 g/mol. The van der Waals surface area contributed by atoms with Gasteiger partial charge >= 0.3 is 0 Å². The molecule has 2 aliphatic rings.